The quantitative estimate of drug-likeness (QED) is 0.0508. The van der Waals surface area contributed by atoms with E-state index in [-0.39, 0.29) is 52.3 Å². The van der Waals surface area contributed by atoms with Gasteiger partial charge < -0.3 is 25.8 Å². The molecule has 0 radical (unpaired) electrons. The van der Waals surface area contributed by atoms with Crippen molar-refractivity contribution in [2.75, 3.05) is 43.6 Å². The molecular formula is C46H66N6O6S. The molecule has 59 heavy (non-hydrogen) atoms. The normalized spacial score (nSPS) is 13.5. The lowest BCUT2D eigenvalue weighted by Crippen LogP contribution is -2.47. The van der Waals surface area contributed by atoms with Crippen LogP contribution in [0, 0.1) is 6.92 Å². The standard InChI is InChI=1S/C46H66N6O6S/c1-5-7-8-9-10-11-12-13-14-15-16-17-18-19-20-23-30-52-45(49-39-24-21-22-25-42(39)59(52,56)57)43(46(55)50-40-34-36(44(47)54)26-29-41(40)58-4)48-38-28-27-37(33-35(38)3)51(6-2)31-32-53/h21-22,24-29,33-34,53H,5-20,23,30-32H2,1-4H3,(H2,47,54)(H,50,55). The number of para-hydroxylation sites is 1. The Balaban J connectivity index is 1.56. The molecule has 1 aliphatic heterocycles. The summed E-state index contributed by atoms with van der Waals surface area (Å²) in [5.74, 6) is -1.29. The van der Waals surface area contributed by atoms with Crippen molar-refractivity contribution in [3.63, 3.8) is 0 Å². The van der Waals surface area contributed by atoms with Crippen LogP contribution >= 0.6 is 0 Å². The number of nitrogens with zero attached hydrogens (tertiary/aromatic N) is 4. The molecule has 4 rings (SSSR count). The van der Waals surface area contributed by atoms with E-state index >= 15 is 0 Å². The molecule has 2 amide bonds. The number of aryl methyl sites for hydroxylation is 1. The van der Waals surface area contributed by atoms with E-state index in [1.807, 2.05) is 30.9 Å². The van der Waals surface area contributed by atoms with E-state index in [4.69, 9.17) is 20.5 Å². The number of amidine groups is 1. The number of hydrogen-bond donors (Lipinski definition) is 3. The molecule has 12 nitrogen and oxygen atoms in total. The van der Waals surface area contributed by atoms with Crippen LogP contribution in [-0.4, -0.2) is 74.5 Å². The summed E-state index contributed by atoms with van der Waals surface area (Å²) in [7, 11) is -2.71. The smallest absolute Gasteiger partial charge is 0.278 e. The zero-order chi connectivity index (χ0) is 42.6. The van der Waals surface area contributed by atoms with E-state index in [9.17, 15) is 23.1 Å². The summed E-state index contributed by atoms with van der Waals surface area (Å²) in [6, 6.07) is 16.4. The predicted octanol–water partition coefficient (Wildman–Crippen LogP) is 9.63. The van der Waals surface area contributed by atoms with Crippen molar-refractivity contribution in [3.8, 4) is 5.75 Å². The lowest BCUT2D eigenvalue weighted by molar-refractivity contribution is -0.110. The maximum absolute atomic E-state index is 14.5. The minimum Gasteiger partial charge on any atom is -0.495 e. The largest absolute Gasteiger partial charge is 0.495 e. The van der Waals surface area contributed by atoms with Crippen molar-refractivity contribution in [2.45, 2.75) is 128 Å². The second-order valence-corrected chi connectivity index (χ2v) is 17.1. The third-order valence-corrected chi connectivity index (χ3v) is 12.6. The molecule has 13 heteroatoms. The van der Waals surface area contributed by atoms with E-state index in [1.165, 1.54) is 106 Å². The molecule has 3 aromatic rings. The molecule has 0 saturated carbocycles. The fourth-order valence-corrected chi connectivity index (χ4v) is 8.98. The van der Waals surface area contributed by atoms with Crippen LogP contribution in [0.15, 0.2) is 75.5 Å². The second-order valence-electron chi connectivity index (χ2n) is 15.3. The minimum atomic E-state index is -4.14. The molecule has 1 heterocycles. The molecule has 1 aliphatic rings. The number of amides is 2. The highest BCUT2D eigenvalue weighted by Crippen LogP contribution is 2.34. The van der Waals surface area contributed by atoms with Crippen molar-refractivity contribution in [2.24, 2.45) is 15.7 Å². The maximum Gasteiger partial charge on any atom is 0.278 e. The van der Waals surface area contributed by atoms with Gasteiger partial charge >= 0.3 is 0 Å². The third-order valence-electron chi connectivity index (χ3n) is 10.8. The average Bonchev–Trinajstić information content (AvgIpc) is 3.22. The van der Waals surface area contributed by atoms with Gasteiger partial charge in [0.15, 0.2) is 11.5 Å². The lowest BCUT2D eigenvalue weighted by Gasteiger charge is -2.30. The first-order valence-corrected chi connectivity index (χ1v) is 23.0. The van der Waals surface area contributed by atoms with Crippen molar-refractivity contribution in [1.29, 1.82) is 0 Å². The number of likely N-dealkylation sites (N-methyl/N-ethyl adjacent to an activating group) is 1. The number of aliphatic hydroxyl groups excluding tert-OH is 1. The number of anilines is 2. The summed E-state index contributed by atoms with van der Waals surface area (Å²) in [5.41, 5.74) is 7.85. The molecule has 0 atom stereocenters. The van der Waals surface area contributed by atoms with Crippen molar-refractivity contribution in [3.05, 3.63) is 71.8 Å². The molecule has 0 saturated heterocycles. The Morgan fingerprint density at radius 3 is 2.02 bits per heavy atom. The summed E-state index contributed by atoms with van der Waals surface area (Å²) < 4.78 is 35.5. The van der Waals surface area contributed by atoms with E-state index in [0.717, 1.165) is 36.9 Å². The van der Waals surface area contributed by atoms with Crippen LogP contribution in [0.25, 0.3) is 0 Å². The topological polar surface area (TPSA) is 167 Å². The van der Waals surface area contributed by atoms with Crippen molar-refractivity contribution >= 4 is 56.1 Å². The fraction of sp³-hybridized carbons (Fsp3) is 0.522. The summed E-state index contributed by atoms with van der Waals surface area (Å²) in [6.45, 7) is 7.31. The molecule has 0 aliphatic carbocycles. The Morgan fingerprint density at radius 2 is 1.46 bits per heavy atom. The SMILES string of the molecule is CCCCCCCCCCCCCCCCCCN1C(C(=Nc2ccc(N(CC)CCO)cc2C)C(=O)Nc2cc(C(N)=O)ccc2OC)=Nc2ccccc2S1(=O)=O. The number of aliphatic hydroxyl groups is 1. The van der Waals surface area contributed by atoms with Gasteiger partial charge in [-0.05, 0) is 74.4 Å². The Hall–Kier alpha value is -4.75. The molecule has 0 spiro atoms. The van der Waals surface area contributed by atoms with Gasteiger partial charge in [0, 0.05) is 30.9 Å². The number of carbonyl (C=O) groups is 2. The van der Waals surface area contributed by atoms with E-state index in [2.05, 4.69) is 12.2 Å². The number of sulfonamides is 1. The summed E-state index contributed by atoms with van der Waals surface area (Å²) in [6.07, 6.45) is 19.1. The number of aliphatic imine (C=N–C) groups is 2. The molecule has 0 unspecified atom stereocenters. The van der Waals surface area contributed by atoms with Gasteiger partial charge in [0.1, 0.15) is 10.6 Å². The van der Waals surface area contributed by atoms with Gasteiger partial charge in [0.25, 0.3) is 15.9 Å². The Labute approximate surface area is 352 Å². The van der Waals surface area contributed by atoms with E-state index < -0.39 is 21.8 Å². The van der Waals surface area contributed by atoms with Gasteiger partial charge in [0.05, 0.1) is 30.8 Å². The molecule has 0 aromatic heterocycles. The van der Waals surface area contributed by atoms with Crippen molar-refractivity contribution < 1.29 is 27.9 Å². The van der Waals surface area contributed by atoms with Gasteiger partial charge in [-0.3, -0.25) is 9.59 Å². The fourth-order valence-electron chi connectivity index (χ4n) is 7.39. The molecule has 3 aromatic carbocycles. The predicted molar refractivity (Wildman–Crippen MR) is 240 cm³/mol. The highest BCUT2D eigenvalue weighted by Gasteiger charge is 2.38. The number of carbonyl (C=O) groups excluding carboxylic acids is 2. The van der Waals surface area contributed by atoms with Crippen LogP contribution in [0.2, 0.25) is 0 Å². The van der Waals surface area contributed by atoms with Gasteiger partial charge in [-0.2, -0.15) is 0 Å². The van der Waals surface area contributed by atoms with E-state index in [1.54, 1.807) is 24.3 Å². The number of ether oxygens (including phenoxy) is 1. The molecule has 0 bridgehead atoms. The number of primary amides is 1. The zero-order valence-corrected chi connectivity index (χ0v) is 36.5. The maximum atomic E-state index is 14.5. The zero-order valence-electron chi connectivity index (χ0n) is 35.7. The number of benzene rings is 3. The number of nitrogens with two attached hydrogens (primary N) is 1. The number of rotatable bonds is 27. The summed E-state index contributed by atoms with van der Waals surface area (Å²) >= 11 is 0. The van der Waals surface area contributed by atoms with Gasteiger partial charge in [-0.15, -0.1) is 0 Å². The monoisotopic (exact) mass is 830 g/mol. The highest BCUT2D eigenvalue weighted by atomic mass is 32.2. The third kappa shape index (κ3) is 13.6. The number of unbranched alkanes of at least 4 members (excludes halogenated alkanes) is 15. The van der Waals surface area contributed by atoms with Gasteiger partial charge in [0.2, 0.25) is 5.91 Å². The molecule has 322 valence electrons. The number of nitrogens with one attached hydrogen (secondary N) is 1. The summed E-state index contributed by atoms with van der Waals surface area (Å²) in [5, 5.41) is 12.4. The first-order chi connectivity index (χ1) is 28.5. The summed E-state index contributed by atoms with van der Waals surface area (Å²) in [4.78, 5) is 38.3. The lowest BCUT2D eigenvalue weighted by atomic mass is 10.0. The Kier molecular flexibility index (Phi) is 19.4. The van der Waals surface area contributed by atoms with Crippen LogP contribution in [-0.2, 0) is 14.8 Å². The van der Waals surface area contributed by atoms with Gasteiger partial charge in [-0.25, -0.2) is 22.7 Å². The van der Waals surface area contributed by atoms with Crippen LogP contribution in [0.3, 0.4) is 0 Å². The van der Waals surface area contributed by atoms with Crippen LogP contribution < -0.4 is 20.7 Å². The first kappa shape index (κ1) is 46.9. The van der Waals surface area contributed by atoms with Crippen molar-refractivity contribution in [1.82, 2.24) is 4.31 Å². The van der Waals surface area contributed by atoms with Crippen LogP contribution in [0.4, 0.5) is 22.7 Å². The number of fused-ring (bicyclic) bond motifs is 1. The Morgan fingerprint density at radius 1 is 0.847 bits per heavy atom. The average molecular weight is 831 g/mol. The molecule has 4 N–H and O–H groups in total. The minimum absolute atomic E-state index is 0.0114. The van der Waals surface area contributed by atoms with Gasteiger partial charge in [-0.1, -0.05) is 115 Å². The van der Waals surface area contributed by atoms with Crippen LogP contribution in [0.5, 0.6) is 5.75 Å². The Bertz CT molecular complexity index is 2000. The van der Waals surface area contributed by atoms with Crippen LogP contribution in [0.1, 0.15) is 133 Å². The number of hydrogen-bond acceptors (Lipinski definition) is 9. The van der Waals surface area contributed by atoms with E-state index in [0.29, 0.717) is 25.2 Å². The second kappa shape index (κ2) is 24.4. The number of methoxy groups -OCH3 is 1. The first-order valence-electron chi connectivity index (χ1n) is 21.6. The highest BCUT2D eigenvalue weighted by molar-refractivity contribution is 7.90. The molecular weight excluding hydrogens is 765 g/mol. The molecule has 0 fully saturated rings.